The highest BCUT2D eigenvalue weighted by molar-refractivity contribution is 5.37. The Hall–Kier alpha value is -1.33. The van der Waals surface area contributed by atoms with Crippen LogP contribution in [0.1, 0.15) is 26.0 Å². The lowest BCUT2D eigenvalue weighted by molar-refractivity contribution is -0.141. The van der Waals surface area contributed by atoms with E-state index in [2.05, 4.69) is 9.97 Å². The Morgan fingerprint density at radius 1 is 1.56 bits per heavy atom. The maximum Gasteiger partial charge on any atom is 0.433 e. The van der Waals surface area contributed by atoms with Gasteiger partial charge in [-0.1, -0.05) is 0 Å². The molecule has 1 unspecified atom stereocenters. The van der Waals surface area contributed by atoms with Gasteiger partial charge in [-0.3, -0.25) is 0 Å². The van der Waals surface area contributed by atoms with Crippen LogP contribution >= 0.6 is 0 Å². The van der Waals surface area contributed by atoms with Crippen molar-refractivity contribution in [1.82, 2.24) is 9.97 Å². The Morgan fingerprint density at radius 3 is 2.69 bits per heavy atom. The monoisotopic (exact) mass is 232 g/mol. The first-order chi connectivity index (χ1) is 7.80. The van der Waals surface area contributed by atoms with Gasteiger partial charge in [0.15, 0.2) is 5.69 Å². The van der Waals surface area contributed by atoms with Gasteiger partial charge in [-0.05, 0) is 25.8 Å². The molecule has 0 spiro atoms. The smallest absolute Gasteiger partial charge is 0.338 e. The number of hydrogen-bond acceptors (Lipinski definition) is 3. The molecule has 1 atom stereocenters. The molecule has 0 bridgehead atoms. The maximum absolute atomic E-state index is 12.7. The van der Waals surface area contributed by atoms with E-state index >= 15 is 0 Å². The van der Waals surface area contributed by atoms with Gasteiger partial charge in [-0.25, -0.2) is 9.97 Å². The van der Waals surface area contributed by atoms with Gasteiger partial charge >= 0.3 is 6.18 Å². The van der Waals surface area contributed by atoms with Gasteiger partial charge in [0, 0.05) is 18.8 Å². The molecule has 0 amide bonds. The minimum atomic E-state index is -4.54. The standard InChI is InChI=1S/C10H12F3N3/c1-6-5-14-9(16-4-3-7(16)2)15-8(6)10(11,12)13/h5,7H,3-4H2,1-2H3/i5D. The molecule has 6 heteroatoms. The molecule has 1 aromatic rings. The number of nitrogens with zero attached hydrogens (tertiary/aromatic N) is 3. The number of aromatic nitrogens is 2. The summed E-state index contributed by atoms with van der Waals surface area (Å²) in [5.74, 6) is 0.00618. The Labute approximate surface area is 92.7 Å². The van der Waals surface area contributed by atoms with Gasteiger partial charge in [-0.2, -0.15) is 13.2 Å². The molecule has 16 heavy (non-hydrogen) atoms. The zero-order valence-electron chi connectivity index (χ0n) is 9.97. The Morgan fingerprint density at radius 2 is 2.25 bits per heavy atom. The molecule has 2 rings (SSSR count). The van der Waals surface area contributed by atoms with Crippen LogP contribution in [0.5, 0.6) is 0 Å². The summed E-state index contributed by atoms with van der Waals surface area (Å²) in [6.45, 7) is 3.75. The largest absolute Gasteiger partial charge is 0.433 e. The molecule has 0 saturated carbocycles. The summed E-state index contributed by atoms with van der Waals surface area (Å²) >= 11 is 0. The van der Waals surface area contributed by atoms with Crippen molar-refractivity contribution in [3.05, 3.63) is 17.4 Å². The van der Waals surface area contributed by atoms with Crippen molar-refractivity contribution >= 4 is 5.95 Å². The van der Waals surface area contributed by atoms with Crippen LogP contribution in [-0.4, -0.2) is 22.6 Å². The number of anilines is 1. The zero-order valence-corrected chi connectivity index (χ0v) is 8.97. The van der Waals surface area contributed by atoms with Crippen molar-refractivity contribution in [2.75, 3.05) is 11.4 Å². The third-order valence-corrected chi connectivity index (χ3v) is 2.74. The van der Waals surface area contributed by atoms with E-state index in [1.54, 1.807) is 4.90 Å². The summed E-state index contributed by atoms with van der Waals surface area (Å²) < 4.78 is 45.6. The fourth-order valence-electron chi connectivity index (χ4n) is 1.61. The quantitative estimate of drug-likeness (QED) is 0.744. The minimum Gasteiger partial charge on any atom is -0.338 e. The van der Waals surface area contributed by atoms with Crippen LogP contribution in [0.4, 0.5) is 19.1 Å². The predicted octanol–water partition coefficient (Wildman–Crippen LogP) is 2.40. The highest BCUT2D eigenvalue weighted by Gasteiger charge is 2.36. The Kier molecular flexibility index (Phi) is 2.22. The lowest BCUT2D eigenvalue weighted by Crippen LogP contribution is -2.46. The van der Waals surface area contributed by atoms with E-state index in [-0.39, 0.29) is 23.7 Å². The van der Waals surface area contributed by atoms with Crippen molar-refractivity contribution in [2.24, 2.45) is 0 Å². The summed E-state index contributed by atoms with van der Waals surface area (Å²) in [6.07, 6.45) is -3.99. The molecular formula is C10H12F3N3. The van der Waals surface area contributed by atoms with Gasteiger partial charge in [0.1, 0.15) is 0 Å². The van der Waals surface area contributed by atoms with Crippen LogP contribution in [0.25, 0.3) is 0 Å². The van der Waals surface area contributed by atoms with Crippen LogP contribution in [0, 0.1) is 6.92 Å². The maximum atomic E-state index is 12.7. The molecule has 2 heterocycles. The molecule has 1 aliphatic heterocycles. The van der Waals surface area contributed by atoms with Crippen molar-refractivity contribution < 1.29 is 14.5 Å². The highest BCUT2D eigenvalue weighted by atomic mass is 19.4. The van der Waals surface area contributed by atoms with Gasteiger partial charge < -0.3 is 4.90 Å². The number of hydrogen-bond donors (Lipinski definition) is 0. The average Bonchev–Trinajstić information content (AvgIpc) is 2.19. The topological polar surface area (TPSA) is 29.0 Å². The van der Waals surface area contributed by atoms with Gasteiger partial charge in [0.2, 0.25) is 5.95 Å². The average molecular weight is 232 g/mol. The fraction of sp³-hybridized carbons (Fsp3) is 0.600. The fourth-order valence-corrected chi connectivity index (χ4v) is 1.61. The first kappa shape index (κ1) is 9.86. The second-order valence-electron chi connectivity index (χ2n) is 3.94. The van der Waals surface area contributed by atoms with Crippen molar-refractivity contribution in [2.45, 2.75) is 32.5 Å². The van der Waals surface area contributed by atoms with Crippen molar-refractivity contribution in [3.8, 4) is 0 Å². The third-order valence-electron chi connectivity index (χ3n) is 2.74. The SMILES string of the molecule is [2H]c1nc(N2CCC2C)nc(C(F)(F)F)c1C. The summed E-state index contributed by atoms with van der Waals surface area (Å²) in [7, 11) is 0. The van der Waals surface area contributed by atoms with Crippen LogP contribution in [0.2, 0.25) is 0 Å². The first-order valence-electron chi connectivity index (χ1n) is 5.50. The summed E-state index contributed by atoms with van der Waals surface area (Å²) in [4.78, 5) is 9.02. The first-order valence-corrected chi connectivity index (χ1v) is 5.00. The molecule has 88 valence electrons. The van der Waals surface area contributed by atoms with Crippen molar-refractivity contribution in [1.29, 1.82) is 0 Å². The number of halogens is 3. The van der Waals surface area contributed by atoms with Gasteiger partial charge in [-0.15, -0.1) is 0 Å². The molecular weight excluding hydrogens is 219 g/mol. The van der Waals surface area contributed by atoms with E-state index in [4.69, 9.17) is 1.37 Å². The summed E-state index contributed by atoms with van der Waals surface area (Å²) in [6, 6.07) is 0.137. The molecule has 3 nitrogen and oxygen atoms in total. The van der Waals surface area contributed by atoms with E-state index < -0.39 is 11.9 Å². The summed E-state index contributed by atoms with van der Waals surface area (Å²) in [5.41, 5.74) is -1.24. The van der Waals surface area contributed by atoms with E-state index in [1.165, 1.54) is 6.92 Å². The minimum absolute atomic E-state index is 0.00618. The predicted molar refractivity (Wildman–Crippen MR) is 53.2 cm³/mol. The molecule has 1 saturated heterocycles. The van der Waals surface area contributed by atoms with E-state index in [0.717, 1.165) is 6.42 Å². The third kappa shape index (κ3) is 1.83. The zero-order chi connectivity index (χ0) is 12.8. The van der Waals surface area contributed by atoms with Gasteiger partial charge in [0.25, 0.3) is 0 Å². The van der Waals surface area contributed by atoms with Gasteiger partial charge in [0.05, 0.1) is 1.37 Å². The van der Waals surface area contributed by atoms with Crippen LogP contribution < -0.4 is 4.90 Å². The molecule has 0 N–H and O–H groups in total. The Balaban J connectivity index is 2.46. The lowest BCUT2D eigenvalue weighted by atomic mass is 10.1. The lowest BCUT2D eigenvalue weighted by Gasteiger charge is -2.38. The normalized spacial score (nSPS) is 21.7. The number of alkyl halides is 3. The molecule has 0 aromatic carbocycles. The second-order valence-corrected chi connectivity index (χ2v) is 3.94. The van der Waals surface area contributed by atoms with Crippen LogP contribution in [0.3, 0.4) is 0 Å². The molecule has 1 aromatic heterocycles. The van der Waals surface area contributed by atoms with E-state index in [1.807, 2.05) is 6.92 Å². The van der Waals surface area contributed by atoms with E-state index in [9.17, 15) is 13.2 Å². The molecule has 1 fully saturated rings. The molecule has 1 aliphatic rings. The Bertz CT molecular complexity index is 447. The van der Waals surface area contributed by atoms with Crippen LogP contribution in [-0.2, 0) is 6.18 Å². The highest BCUT2D eigenvalue weighted by Crippen LogP contribution is 2.32. The molecule has 0 aliphatic carbocycles. The van der Waals surface area contributed by atoms with Crippen LogP contribution in [0.15, 0.2) is 6.17 Å². The second kappa shape index (κ2) is 3.61. The summed E-state index contributed by atoms with van der Waals surface area (Å²) in [5, 5.41) is 0. The molecule has 0 radical (unpaired) electrons. The number of rotatable bonds is 1. The van der Waals surface area contributed by atoms with E-state index in [0.29, 0.717) is 6.54 Å². The van der Waals surface area contributed by atoms with Crippen molar-refractivity contribution in [3.63, 3.8) is 0 Å².